The lowest BCUT2D eigenvalue weighted by Gasteiger charge is -2.32. The number of hydrogen-bond acceptors (Lipinski definition) is 4. The molecule has 22 heavy (non-hydrogen) atoms. The van der Waals surface area contributed by atoms with Crippen LogP contribution in [0.2, 0.25) is 0 Å². The smallest absolute Gasteiger partial charge is 0.410 e. The lowest BCUT2D eigenvalue weighted by Crippen LogP contribution is -2.46. The Kier molecular flexibility index (Phi) is 7.70. The van der Waals surface area contributed by atoms with Gasteiger partial charge >= 0.3 is 6.09 Å². The number of likely N-dealkylation sites (tertiary alicyclic amines) is 1. The van der Waals surface area contributed by atoms with Crippen molar-refractivity contribution in [3.63, 3.8) is 0 Å². The number of ether oxygens (including phenoxy) is 1. The van der Waals surface area contributed by atoms with Crippen LogP contribution in [0.5, 0.6) is 0 Å². The van der Waals surface area contributed by atoms with Gasteiger partial charge in [-0.15, -0.1) is 6.42 Å². The van der Waals surface area contributed by atoms with E-state index < -0.39 is 5.60 Å². The molecule has 1 heterocycles. The molecule has 1 rings (SSSR count). The number of carbonyl (C=O) groups is 1. The number of piperidine rings is 1. The van der Waals surface area contributed by atoms with Crippen molar-refractivity contribution in [2.75, 3.05) is 39.3 Å². The first-order chi connectivity index (χ1) is 10.4. The van der Waals surface area contributed by atoms with E-state index in [1.165, 1.54) is 0 Å². The number of rotatable bonds is 6. The van der Waals surface area contributed by atoms with Gasteiger partial charge in [-0.25, -0.2) is 4.79 Å². The van der Waals surface area contributed by atoms with Gasteiger partial charge in [-0.1, -0.05) is 5.92 Å². The van der Waals surface area contributed by atoms with Gasteiger partial charge < -0.3 is 15.0 Å². The minimum Gasteiger partial charge on any atom is -0.444 e. The highest BCUT2D eigenvalue weighted by Gasteiger charge is 2.22. The normalized spacial score (nSPS) is 17.0. The molecule has 0 aromatic rings. The van der Waals surface area contributed by atoms with E-state index in [2.05, 4.69) is 16.1 Å². The summed E-state index contributed by atoms with van der Waals surface area (Å²) < 4.78 is 5.41. The minimum atomic E-state index is -0.443. The predicted octanol–water partition coefficient (Wildman–Crippen LogP) is 1.93. The molecule has 0 unspecified atom stereocenters. The maximum Gasteiger partial charge on any atom is 0.410 e. The Morgan fingerprint density at radius 3 is 2.55 bits per heavy atom. The van der Waals surface area contributed by atoms with Gasteiger partial charge in [-0.2, -0.15) is 0 Å². The van der Waals surface area contributed by atoms with Crippen LogP contribution in [0.3, 0.4) is 0 Å². The standard InChI is InChI=1S/C17H31N3O2/c1-6-11-19-12-8-15(9-13-19)18-10-14-20(7-2)16(21)22-17(3,4)5/h1,15,18H,7-14H2,2-5H3. The predicted molar refractivity (Wildman–Crippen MR) is 89.8 cm³/mol. The van der Waals surface area contributed by atoms with Crippen molar-refractivity contribution in [3.8, 4) is 12.3 Å². The molecule has 0 saturated carbocycles. The molecule has 0 bridgehead atoms. The summed E-state index contributed by atoms with van der Waals surface area (Å²) in [5.41, 5.74) is -0.443. The SMILES string of the molecule is C#CCN1CCC(NCCN(CC)C(=O)OC(C)(C)C)CC1. The minimum absolute atomic E-state index is 0.236. The maximum absolute atomic E-state index is 12.0. The van der Waals surface area contributed by atoms with E-state index in [0.717, 1.165) is 39.0 Å². The van der Waals surface area contributed by atoms with Crippen molar-refractivity contribution in [2.24, 2.45) is 0 Å². The van der Waals surface area contributed by atoms with E-state index in [-0.39, 0.29) is 6.09 Å². The van der Waals surface area contributed by atoms with E-state index in [1.807, 2.05) is 27.7 Å². The van der Waals surface area contributed by atoms with E-state index >= 15 is 0 Å². The number of hydrogen-bond donors (Lipinski definition) is 1. The Morgan fingerprint density at radius 2 is 2.05 bits per heavy atom. The summed E-state index contributed by atoms with van der Waals surface area (Å²) in [5, 5.41) is 3.54. The zero-order chi connectivity index (χ0) is 16.6. The zero-order valence-electron chi connectivity index (χ0n) is 14.5. The summed E-state index contributed by atoms with van der Waals surface area (Å²) in [7, 11) is 0. The molecule has 126 valence electrons. The molecule has 1 aliphatic rings. The summed E-state index contributed by atoms with van der Waals surface area (Å²) in [6, 6.07) is 0.520. The summed E-state index contributed by atoms with van der Waals surface area (Å²) in [6.07, 6.45) is 7.33. The van der Waals surface area contributed by atoms with Gasteiger partial charge in [0.1, 0.15) is 5.60 Å². The van der Waals surface area contributed by atoms with Crippen molar-refractivity contribution >= 4 is 6.09 Å². The van der Waals surface area contributed by atoms with Crippen molar-refractivity contribution in [1.29, 1.82) is 0 Å². The van der Waals surface area contributed by atoms with Gasteiger partial charge in [0.2, 0.25) is 0 Å². The first-order valence-corrected chi connectivity index (χ1v) is 8.23. The highest BCUT2D eigenvalue weighted by atomic mass is 16.6. The zero-order valence-corrected chi connectivity index (χ0v) is 14.5. The van der Waals surface area contributed by atoms with Crippen molar-refractivity contribution in [2.45, 2.75) is 52.2 Å². The monoisotopic (exact) mass is 309 g/mol. The highest BCUT2D eigenvalue weighted by molar-refractivity contribution is 5.68. The molecule has 1 amide bonds. The third-order valence-electron chi connectivity index (χ3n) is 3.75. The molecule has 0 spiro atoms. The van der Waals surface area contributed by atoms with Crippen LogP contribution in [-0.2, 0) is 4.74 Å². The topological polar surface area (TPSA) is 44.8 Å². The van der Waals surface area contributed by atoms with Gasteiger partial charge in [-0.3, -0.25) is 4.90 Å². The Hall–Kier alpha value is -1.25. The summed E-state index contributed by atoms with van der Waals surface area (Å²) in [5.74, 6) is 2.70. The Morgan fingerprint density at radius 1 is 1.41 bits per heavy atom. The third kappa shape index (κ3) is 7.15. The molecule has 5 nitrogen and oxygen atoms in total. The largest absolute Gasteiger partial charge is 0.444 e. The number of nitrogens with zero attached hydrogens (tertiary/aromatic N) is 2. The van der Waals surface area contributed by atoms with Crippen LogP contribution in [0, 0.1) is 12.3 Å². The molecular weight excluding hydrogens is 278 g/mol. The van der Waals surface area contributed by atoms with E-state index in [1.54, 1.807) is 4.90 Å². The fourth-order valence-corrected chi connectivity index (χ4v) is 2.53. The first-order valence-electron chi connectivity index (χ1n) is 8.23. The average molecular weight is 309 g/mol. The quantitative estimate of drug-likeness (QED) is 0.762. The second-order valence-corrected chi connectivity index (χ2v) is 6.77. The van der Waals surface area contributed by atoms with Crippen molar-refractivity contribution in [3.05, 3.63) is 0 Å². The number of nitrogens with one attached hydrogen (secondary N) is 1. The first kappa shape index (κ1) is 18.8. The van der Waals surface area contributed by atoms with E-state index in [0.29, 0.717) is 19.1 Å². The molecule has 1 fully saturated rings. The molecule has 0 radical (unpaired) electrons. The van der Waals surface area contributed by atoms with Crippen LogP contribution in [-0.4, -0.2) is 66.8 Å². The lowest BCUT2D eigenvalue weighted by atomic mass is 10.1. The third-order valence-corrected chi connectivity index (χ3v) is 3.75. The molecule has 0 aromatic carbocycles. The molecule has 5 heteroatoms. The summed E-state index contributed by atoms with van der Waals surface area (Å²) >= 11 is 0. The molecule has 1 N–H and O–H groups in total. The van der Waals surface area contributed by atoms with Crippen molar-refractivity contribution in [1.82, 2.24) is 15.1 Å². The average Bonchev–Trinajstić information content (AvgIpc) is 2.43. The molecule has 1 aliphatic heterocycles. The van der Waals surface area contributed by atoms with Gasteiger partial charge in [0.05, 0.1) is 6.54 Å². The van der Waals surface area contributed by atoms with Crippen LogP contribution >= 0.6 is 0 Å². The molecule has 0 aliphatic carbocycles. The van der Waals surface area contributed by atoms with Gasteiger partial charge in [0.15, 0.2) is 0 Å². The Labute approximate surface area is 135 Å². The number of terminal acetylenes is 1. The van der Waals surface area contributed by atoms with Crippen molar-refractivity contribution < 1.29 is 9.53 Å². The maximum atomic E-state index is 12.0. The number of amides is 1. The van der Waals surface area contributed by atoms with Crippen LogP contribution in [0.1, 0.15) is 40.5 Å². The molecule has 1 saturated heterocycles. The van der Waals surface area contributed by atoms with Crippen LogP contribution in [0.15, 0.2) is 0 Å². The van der Waals surface area contributed by atoms with Gasteiger partial charge in [0.25, 0.3) is 0 Å². The highest BCUT2D eigenvalue weighted by Crippen LogP contribution is 2.11. The van der Waals surface area contributed by atoms with E-state index in [9.17, 15) is 4.79 Å². The summed E-state index contributed by atoms with van der Waals surface area (Å²) in [4.78, 5) is 16.1. The van der Waals surface area contributed by atoms with Crippen LogP contribution < -0.4 is 5.32 Å². The molecule has 0 atom stereocenters. The molecule has 0 aromatic heterocycles. The fraction of sp³-hybridized carbons (Fsp3) is 0.824. The second kappa shape index (κ2) is 9.02. The van der Waals surface area contributed by atoms with E-state index in [4.69, 9.17) is 11.2 Å². The second-order valence-electron chi connectivity index (χ2n) is 6.77. The fourth-order valence-electron chi connectivity index (χ4n) is 2.53. The summed E-state index contributed by atoms with van der Waals surface area (Å²) in [6.45, 7) is 12.6. The van der Waals surface area contributed by atoms with Gasteiger partial charge in [0, 0.05) is 38.8 Å². The Bertz CT molecular complexity index is 376. The van der Waals surface area contributed by atoms with Gasteiger partial charge in [-0.05, 0) is 40.5 Å². The molecular formula is C17H31N3O2. The van der Waals surface area contributed by atoms with Crippen LogP contribution in [0.25, 0.3) is 0 Å². The van der Waals surface area contributed by atoms with Crippen LogP contribution in [0.4, 0.5) is 4.79 Å². The number of likely N-dealkylation sites (N-methyl/N-ethyl adjacent to an activating group) is 1. The Balaban J connectivity index is 2.25. The number of carbonyl (C=O) groups excluding carboxylic acids is 1. The lowest BCUT2D eigenvalue weighted by molar-refractivity contribution is 0.0260.